The number of benzene rings is 8. The minimum Gasteiger partial charge on any atom is -0.507 e. The smallest absolute Gasteiger partial charge is 0.152 e. The third-order valence-electron chi connectivity index (χ3n) is 17.1. The Morgan fingerprint density at radius 1 is 0.489 bits per heavy atom. The number of para-hydroxylation sites is 3. The molecule has 0 amide bonds. The standard InChI is InChI=1S/C30H40NO2P.C30H40NOP.C22H29NO2/c1-29(2,3)23-19-22(28(33-8)25(20-23)30(4,5)6)21-31(7)26-17-13-14-18-27(26)34(9,32)24-15-11-10-12-16-24;1-29(2,3)23-19-22(28(32-8)25(20-23)30(4,5)6)21-31(7)26-17-13-14-18-27(26)33(9)24-15-11-10-12-16-24;1-21(2,3)17-11-16(20(25)18(12-17)22(4,5)6)13-23-19-10-8-7-9-15(19)14-24/h10-20H,21H2,1-9H3;10-20H,21H2,1-9H3;7-12,14,23,25H,13H2,1-6H3. The summed E-state index contributed by atoms with van der Waals surface area (Å²) < 4.78 is 26.1. The number of rotatable bonds is 16. The van der Waals surface area contributed by atoms with Crippen LogP contribution in [0, 0.1) is 0 Å². The first kappa shape index (κ1) is 73.9. The van der Waals surface area contributed by atoms with Gasteiger partial charge in [0.1, 0.15) is 24.4 Å². The predicted molar refractivity (Wildman–Crippen MR) is 400 cm³/mol. The first-order chi connectivity index (χ1) is 42.7. The van der Waals surface area contributed by atoms with Crippen LogP contribution in [0.1, 0.15) is 185 Å². The molecule has 2 atom stereocenters. The third-order valence-corrected chi connectivity index (χ3v) is 21.9. The Kier molecular flexibility index (Phi) is 24.0. The number of ether oxygens (including phenoxy) is 2. The maximum absolute atomic E-state index is 14.0. The monoisotopic (exact) mass is 1280 g/mol. The van der Waals surface area contributed by atoms with Crippen molar-refractivity contribution >= 4 is 59.6 Å². The highest BCUT2D eigenvalue weighted by atomic mass is 31.2. The fourth-order valence-electron chi connectivity index (χ4n) is 11.4. The van der Waals surface area contributed by atoms with Crippen molar-refractivity contribution in [3.8, 4) is 17.2 Å². The van der Waals surface area contributed by atoms with E-state index in [1.807, 2.05) is 73.4 Å². The number of carbonyl (C=O) groups excluding carboxylic acids is 1. The molecule has 0 heterocycles. The van der Waals surface area contributed by atoms with Crippen LogP contribution >= 0.6 is 15.1 Å². The van der Waals surface area contributed by atoms with Crippen LogP contribution in [0.15, 0.2) is 170 Å². The topological polar surface area (TPSA) is 91.3 Å². The molecule has 0 aliphatic rings. The summed E-state index contributed by atoms with van der Waals surface area (Å²) >= 11 is 0. The molecule has 8 aromatic rings. The van der Waals surface area contributed by atoms with Gasteiger partial charge in [0.25, 0.3) is 0 Å². The van der Waals surface area contributed by atoms with Gasteiger partial charge in [0.2, 0.25) is 0 Å². The highest BCUT2D eigenvalue weighted by Crippen LogP contribution is 2.45. The fourth-order valence-corrected chi connectivity index (χ4v) is 15.3. The average molecular weight is 1280 g/mol. The molecule has 2 N–H and O–H groups in total. The number of anilines is 3. The molecule has 0 aliphatic heterocycles. The van der Waals surface area contributed by atoms with E-state index >= 15 is 0 Å². The van der Waals surface area contributed by atoms with Crippen LogP contribution in [-0.4, -0.2) is 53.0 Å². The van der Waals surface area contributed by atoms with E-state index in [4.69, 9.17) is 9.47 Å². The lowest BCUT2D eigenvalue weighted by Crippen LogP contribution is -2.27. The maximum atomic E-state index is 14.0. The molecule has 0 spiro atoms. The largest absolute Gasteiger partial charge is 0.507 e. The molecule has 492 valence electrons. The van der Waals surface area contributed by atoms with E-state index in [0.717, 1.165) is 63.0 Å². The van der Waals surface area contributed by atoms with Crippen molar-refractivity contribution in [3.63, 3.8) is 0 Å². The molecule has 0 radical (unpaired) electrons. The number of methoxy groups -OCH3 is 2. The zero-order chi connectivity index (χ0) is 68.5. The van der Waals surface area contributed by atoms with Gasteiger partial charge in [-0.3, -0.25) is 4.79 Å². The predicted octanol–water partition coefficient (Wildman–Crippen LogP) is 19.3. The van der Waals surface area contributed by atoms with Crippen LogP contribution in [-0.2, 0) is 56.7 Å². The van der Waals surface area contributed by atoms with Crippen LogP contribution < -0.4 is 45.8 Å². The van der Waals surface area contributed by atoms with Gasteiger partial charge in [-0.25, -0.2) is 0 Å². The minimum absolute atomic E-state index is 0.00286. The number of hydrogen-bond donors (Lipinski definition) is 2. The van der Waals surface area contributed by atoms with E-state index in [2.05, 4.69) is 258 Å². The Balaban J connectivity index is 0.000000222. The van der Waals surface area contributed by atoms with Crippen molar-refractivity contribution in [2.75, 3.05) is 56.8 Å². The lowest BCUT2D eigenvalue weighted by atomic mass is 9.79. The summed E-state index contributed by atoms with van der Waals surface area (Å²) in [5, 5.41) is 18.7. The third kappa shape index (κ3) is 18.6. The van der Waals surface area contributed by atoms with E-state index < -0.39 is 15.1 Å². The number of phenolic OH excluding ortho intramolecular Hbond substituents is 1. The molecule has 92 heavy (non-hydrogen) atoms. The van der Waals surface area contributed by atoms with Gasteiger partial charge in [-0.2, -0.15) is 0 Å². The van der Waals surface area contributed by atoms with Crippen molar-refractivity contribution in [2.24, 2.45) is 0 Å². The number of nitrogens with one attached hydrogen (secondary N) is 1. The number of aldehydes is 1. The van der Waals surface area contributed by atoms with Gasteiger partial charge in [0.15, 0.2) is 6.29 Å². The van der Waals surface area contributed by atoms with Gasteiger partial charge in [-0.05, 0) is 130 Å². The number of phenols is 1. The summed E-state index contributed by atoms with van der Waals surface area (Å²) in [6.45, 7) is 46.1. The molecule has 0 saturated carbocycles. The normalized spacial score (nSPS) is 13.1. The lowest BCUT2D eigenvalue weighted by Gasteiger charge is -2.31. The molecular formula is C82H109N3O5P2. The molecule has 10 heteroatoms. The van der Waals surface area contributed by atoms with E-state index in [1.165, 1.54) is 49.7 Å². The SMILES string of the molecule is CC(C)(C)c1cc(CNc2ccccc2C=O)c(O)c(C(C)(C)C)c1.COc1c(CN(C)c2ccccc2P(C)(=O)c2ccccc2)cc(C(C)(C)C)cc1C(C)(C)C.COc1c(CN(C)c2ccccc2P(C)c2ccccc2)cc(C(C)(C)C)cc1C(C)(C)C. The van der Waals surface area contributed by atoms with Crippen molar-refractivity contribution in [3.05, 3.63) is 225 Å². The van der Waals surface area contributed by atoms with Crippen LogP contribution in [0.2, 0.25) is 0 Å². The Bertz CT molecular complexity index is 3810. The second-order valence-corrected chi connectivity index (χ2v) is 35.8. The fraction of sp³-hybridized carbons (Fsp3) is 0.402. The van der Waals surface area contributed by atoms with Crippen molar-refractivity contribution in [1.82, 2.24) is 0 Å². The van der Waals surface area contributed by atoms with Gasteiger partial charge in [0, 0.05) is 100 Å². The Morgan fingerprint density at radius 2 is 0.880 bits per heavy atom. The molecular weight excluding hydrogens is 1170 g/mol. The van der Waals surface area contributed by atoms with Crippen LogP contribution in [0.3, 0.4) is 0 Å². The maximum Gasteiger partial charge on any atom is 0.152 e. The zero-order valence-electron chi connectivity index (χ0n) is 60.2. The molecule has 8 aromatic carbocycles. The van der Waals surface area contributed by atoms with E-state index in [9.17, 15) is 14.5 Å². The molecule has 0 fully saturated rings. The molecule has 2 unspecified atom stereocenters. The first-order valence-electron chi connectivity index (χ1n) is 32.3. The highest BCUT2D eigenvalue weighted by molar-refractivity contribution is 7.78. The van der Waals surface area contributed by atoms with Crippen molar-refractivity contribution < 1.29 is 23.9 Å². The molecule has 0 bridgehead atoms. The van der Waals surface area contributed by atoms with Gasteiger partial charge in [0.05, 0.1) is 14.2 Å². The zero-order valence-corrected chi connectivity index (χ0v) is 62.0. The van der Waals surface area contributed by atoms with Crippen molar-refractivity contribution in [2.45, 2.75) is 177 Å². The second-order valence-electron chi connectivity index (χ2n) is 30.9. The van der Waals surface area contributed by atoms with E-state index in [0.29, 0.717) is 24.4 Å². The van der Waals surface area contributed by atoms with Crippen LogP contribution in [0.5, 0.6) is 17.2 Å². The van der Waals surface area contributed by atoms with Crippen LogP contribution in [0.25, 0.3) is 0 Å². The van der Waals surface area contributed by atoms with Gasteiger partial charge < -0.3 is 34.3 Å². The number of nitrogens with zero attached hydrogens (tertiary/aromatic N) is 2. The Labute approximate surface area is 556 Å². The number of hydrogen-bond acceptors (Lipinski definition) is 8. The summed E-state index contributed by atoms with van der Waals surface area (Å²) in [5.41, 5.74) is 14.0. The van der Waals surface area contributed by atoms with E-state index in [-0.39, 0.29) is 32.5 Å². The summed E-state index contributed by atoms with van der Waals surface area (Å²) in [6.07, 6.45) is 0.842. The summed E-state index contributed by atoms with van der Waals surface area (Å²) in [4.78, 5) is 15.8. The number of carbonyl (C=O) groups is 1. The highest BCUT2D eigenvalue weighted by Gasteiger charge is 2.31. The lowest BCUT2D eigenvalue weighted by molar-refractivity contribution is 0.112. The average Bonchev–Trinajstić information content (AvgIpc) is 0.799. The molecule has 0 saturated heterocycles. The molecule has 0 aromatic heterocycles. The van der Waals surface area contributed by atoms with Gasteiger partial charge in [-0.15, -0.1) is 0 Å². The minimum atomic E-state index is -2.76. The molecule has 8 nitrogen and oxygen atoms in total. The summed E-state index contributed by atoms with van der Waals surface area (Å²) in [6, 6.07) is 58.4. The Morgan fingerprint density at radius 3 is 1.34 bits per heavy atom. The van der Waals surface area contributed by atoms with Crippen molar-refractivity contribution in [1.29, 1.82) is 0 Å². The summed E-state index contributed by atoms with van der Waals surface area (Å²) in [7, 11) is 4.65. The second kappa shape index (κ2) is 29.9. The quantitative estimate of drug-likeness (QED) is 0.0730. The van der Waals surface area contributed by atoms with Crippen LogP contribution in [0.4, 0.5) is 17.1 Å². The van der Waals surface area contributed by atoms with E-state index in [1.54, 1.807) is 20.3 Å². The molecule has 8 rings (SSSR count). The first-order valence-corrected chi connectivity index (χ1v) is 36.3. The Hall–Kier alpha value is -7.11. The van der Waals surface area contributed by atoms with Gasteiger partial charge >= 0.3 is 0 Å². The number of aromatic hydroxyl groups is 1. The summed E-state index contributed by atoms with van der Waals surface area (Å²) in [5.74, 6) is 2.28. The van der Waals surface area contributed by atoms with Gasteiger partial charge in [-0.1, -0.05) is 246 Å². The molecule has 0 aliphatic carbocycles.